The van der Waals surface area contributed by atoms with Crippen molar-refractivity contribution >= 4 is 5.96 Å². The highest BCUT2D eigenvalue weighted by molar-refractivity contribution is 5.79. The van der Waals surface area contributed by atoms with Crippen molar-refractivity contribution in [1.29, 1.82) is 0 Å². The minimum atomic E-state index is 0.560. The van der Waals surface area contributed by atoms with Crippen molar-refractivity contribution in [2.24, 2.45) is 22.7 Å². The first kappa shape index (κ1) is 14.3. The Morgan fingerprint density at radius 1 is 1.47 bits per heavy atom. The van der Waals surface area contributed by atoms with Crippen molar-refractivity contribution in [3.63, 3.8) is 0 Å². The summed E-state index contributed by atoms with van der Waals surface area (Å²) in [7, 11) is 1.77. The van der Waals surface area contributed by atoms with E-state index in [1.807, 2.05) is 0 Å². The summed E-state index contributed by atoms with van der Waals surface area (Å²) in [5.41, 5.74) is 2.72. The third-order valence-electron chi connectivity index (χ3n) is 3.05. The van der Waals surface area contributed by atoms with Gasteiger partial charge in [-0.1, -0.05) is 13.8 Å². The molecule has 0 spiro atoms. The highest BCUT2D eigenvalue weighted by atomic mass is 16.5. The van der Waals surface area contributed by atoms with Gasteiger partial charge < -0.3 is 9.64 Å². The number of likely N-dealkylation sites (tertiary alicyclic amines) is 1. The lowest BCUT2D eigenvalue weighted by Gasteiger charge is -2.33. The van der Waals surface area contributed by atoms with Crippen LogP contribution in [0.15, 0.2) is 4.99 Å². The second-order valence-electron chi connectivity index (χ2n) is 5.09. The summed E-state index contributed by atoms with van der Waals surface area (Å²) >= 11 is 0. The molecule has 1 heterocycles. The van der Waals surface area contributed by atoms with Crippen LogP contribution in [0.1, 0.15) is 26.7 Å². The molecular formula is C12H26N4O. The molecule has 0 aromatic carbocycles. The molecule has 5 nitrogen and oxygen atoms in total. The van der Waals surface area contributed by atoms with E-state index < -0.39 is 0 Å². The molecule has 0 amide bonds. The van der Waals surface area contributed by atoms with Gasteiger partial charge >= 0.3 is 0 Å². The molecule has 0 bridgehead atoms. The van der Waals surface area contributed by atoms with E-state index >= 15 is 0 Å². The standard InChI is InChI=1S/C12H26N4O/c1-10(2)8-14-12(15-13)16-6-4-11(5-7-16)9-17-3/h10-11H,4-9,13H2,1-3H3,(H,14,15). The van der Waals surface area contributed by atoms with E-state index in [9.17, 15) is 0 Å². The van der Waals surface area contributed by atoms with Gasteiger partial charge in [0.1, 0.15) is 0 Å². The van der Waals surface area contributed by atoms with Crippen molar-refractivity contribution in [3.05, 3.63) is 0 Å². The Bertz CT molecular complexity index is 235. The maximum absolute atomic E-state index is 5.54. The minimum absolute atomic E-state index is 0.560. The second-order valence-corrected chi connectivity index (χ2v) is 5.09. The van der Waals surface area contributed by atoms with Crippen LogP contribution in [-0.2, 0) is 4.74 Å². The maximum atomic E-state index is 5.54. The summed E-state index contributed by atoms with van der Waals surface area (Å²) in [5.74, 6) is 7.60. The normalized spacial score (nSPS) is 18.9. The fraction of sp³-hybridized carbons (Fsp3) is 0.917. The van der Waals surface area contributed by atoms with Crippen LogP contribution in [0.2, 0.25) is 0 Å². The molecule has 1 aliphatic heterocycles. The number of nitrogens with two attached hydrogens (primary N) is 1. The molecule has 100 valence electrons. The lowest BCUT2D eigenvalue weighted by Crippen LogP contribution is -2.48. The molecule has 17 heavy (non-hydrogen) atoms. The highest BCUT2D eigenvalue weighted by Gasteiger charge is 2.21. The molecule has 0 saturated carbocycles. The molecule has 0 aromatic heterocycles. The second kappa shape index (κ2) is 7.50. The summed E-state index contributed by atoms with van der Waals surface area (Å²) in [4.78, 5) is 6.74. The number of nitrogens with zero attached hydrogens (tertiary/aromatic N) is 2. The molecule has 0 atom stereocenters. The van der Waals surface area contributed by atoms with Gasteiger partial charge in [-0.3, -0.25) is 10.4 Å². The van der Waals surface area contributed by atoms with Crippen LogP contribution in [0.25, 0.3) is 0 Å². The average molecular weight is 242 g/mol. The monoisotopic (exact) mass is 242 g/mol. The van der Waals surface area contributed by atoms with Gasteiger partial charge in [-0.15, -0.1) is 0 Å². The van der Waals surface area contributed by atoms with E-state index in [4.69, 9.17) is 10.6 Å². The summed E-state index contributed by atoms with van der Waals surface area (Å²) in [6.07, 6.45) is 2.30. The number of hydrogen-bond donors (Lipinski definition) is 2. The van der Waals surface area contributed by atoms with Gasteiger partial charge in [0.15, 0.2) is 0 Å². The zero-order chi connectivity index (χ0) is 12.7. The van der Waals surface area contributed by atoms with Gasteiger partial charge in [0.25, 0.3) is 0 Å². The van der Waals surface area contributed by atoms with Crippen LogP contribution in [0.4, 0.5) is 0 Å². The molecule has 0 aromatic rings. The number of guanidine groups is 1. The van der Waals surface area contributed by atoms with Crippen molar-refractivity contribution in [1.82, 2.24) is 10.3 Å². The van der Waals surface area contributed by atoms with E-state index in [1.165, 1.54) is 0 Å². The number of hydrazine groups is 1. The zero-order valence-corrected chi connectivity index (χ0v) is 11.3. The van der Waals surface area contributed by atoms with E-state index in [0.29, 0.717) is 11.8 Å². The first-order valence-corrected chi connectivity index (χ1v) is 6.42. The Kier molecular flexibility index (Phi) is 6.29. The molecule has 5 heteroatoms. The van der Waals surface area contributed by atoms with Crippen LogP contribution >= 0.6 is 0 Å². The van der Waals surface area contributed by atoms with Gasteiger partial charge in [-0.05, 0) is 24.7 Å². The SMILES string of the molecule is COCC1CCN(C(=NCC(C)C)NN)CC1. The molecule has 0 aliphatic carbocycles. The van der Waals surface area contributed by atoms with Crippen molar-refractivity contribution < 1.29 is 4.74 Å². The summed E-state index contributed by atoms with van der Waals surface area (Å²) in [6.45, 7) is 8.01. The number of hydrogen-bond acceptors (Lipinski definition) is 3. The quantitative estimate of drug-likeness (QED) is 0.331. The van der Waals surface area contributed by atoms with Gasteiger partial charge in [-0.2, -0.15) is 0 Å². The average Bonchev–Trinajstić information content (AvgIpc) is 2.32. The lowest BCUT2D eigenvalue weighted by molar-refractivity contribution is 0.118. The molecule has 0 radical (unpaired) electrons. The molecule has 0 unspecified atom stereocenters. The number of aliphatic imine (C=N–C) groups is 1. The van der Waals surface area contributed by atoms with Crippen LogP contribution in [-0.4, -0.2) is 44.2 Å². The fourth-order valence-electron chi connectivity index (χ4n) is 2.05. The smallest absolute Gasteiger partial charge is 0.208 e. The van der Waals surface area contributed by atoms with Crippen molar-refractivity contribution in [3.8, 4) is 0 Å². The molecule has 1 fully saturated rings. The van der Waals surface area contributed by atoms with Gasteiger partial charge in [0.05, 0.1) is 0 Å². The first-order chi connectivity index (χ1) is 8.17. The predicted molar refractivity (Wildman–Crippen MR) is 70.6 cm³/mol. The number of ether oxygens (including phenoxy) is 1. The largest absolute Gasteiger partial charge is 0.384 e. The maximum Gasteiger partial charge on any atom is 0.208 e. The highest BCUT2D eigenvalue weighted by Crippen LogP contribution is 2.17. The van der Waals surface area contributed by atoms with Crippen molar-refractivity contribution in [2.75, 3.05) is 33.4 Å². The van der Waals surface area contributed by atoms with Crippen LogP contribution in [0.5, 0.6) is 0 Å². The first-order valence-electron chi connectivity index (χ1n) is 6.42. The Morgan fingerprint density at radius 3 is 2.59 bits per heavy atom. The van der Waals surface area contributed by atoms with Gasteiger partial charge in [0, 0.05) is 33.4 Å². The molecule has 1 rings (SSSR count). The topological polar surface area (TPSA) is 62.9 Å². The Hall–Kier alpha value is -0.810. The number of nitrogens with one attached hydrogen (secondary N) is 1. The van der Waals surface area contributed by atoms with Crippen molar-refractivity contribution in [2.45, 2.75) is 26.7 Å². The summed E-state index contributed by atoms with van der Waals surface area (Å²) in [6, 6.07) is 0. The lowest BCUT2D eigenvalue weighted by atomic mass is 9.98. The van der Waals surface area contributed by atoms with Crippen LogP contribution in [0.3, 0.4) is 0 Å². The minimum Gasteiger partial charge on any atom is -0.384 e. The van der Waals surface area contributed by atoms with E-state index in [-0.39, 0.29) is 0 Å². The Labute approximate surface area is 104 Å². The van der Waals surface area contributed by atoms with Crippen LogP contribution in [0, 0.1) is 11.8 Å². The molecule has 1 saturated heterocycles. The third kappa shape index (κ3) is 4.91. The van der Waals surface area contributed by atoms with Gasteiger partial charge in [-0.25, -0.2) is 5.84 Å². The van der Waals surface area contributed by atoms with E-state index in [1.54, 1.807) is 7.11 Å². The molecule has 1 aliphatic rings. The number of rotatable bonds is 4. The fourth-order valence-corrected chi connectivity index (χ4v) is 2.05. The van der Waals surface area contributed by atoms with E-state index in [0.717, 1.165) is 45.0 Å². The van der Waals surface area contributed by atoms with E-state index in [2.05, 4.69) is 29.2 Å². The molecule has 3 N–H and O–H groups in total. The summed E-state index contributed by atoms with van der Waals surface area (Å²) < 4.78 is 5.19. The Morgan fingerprint density at radius 2 is 2.12 bits per heavy atom. The molecular weight excluding hydrogens is 216 g/mol. The third-order valence-corrected chi connectivity index (χ3v) is 3.05. The summed E-state index contributed by atoms with van der Waals surface area (Å²) in [5, 5.41) is 0. The zero-order valence-electron chi connectivity index (χ0n) is 11.3. The van der Waals surface area contributed by atoms with Gasteiger partial charge in [0.2, 0.25) is 5.96 Å². The van der Waals surface area contributed by atoms with Crippen LogP contribution < -0.4 is 11.3 Å². The number of piperidine rings is 1. The Balaban J connectivity index is 2.42. The predicted octanol–water partition coefficient (Wildman–Crippen LogP) is 0.820. The number of methoxy groups -OCH3 is 1.